The van der Waals surface area contributed by atoms with E-state index in [9.17, 15) is 5.26 Å². The van der Waals surface area contributed by atoms with Crippen LogP contribution in [0.5, 0.6) is 0 Å². The van der Waals surface area contributed by atoms with Crippen molar-refractivity contribution in [1.29, 1.82) is 5.26 Å². The van der Waals surface area contributed by atoms with Crippen molar-refractivity contribution in [2.75, 3.05) is 0 Å². The maximum absolute atomic E-state index is 9.44. The predicted molar refractivity (Wildman–Crippen MR) is 89.0 cm³/mol. The Labute approximate surface area is 133 Å². The van der Waals surface area contributed by atoms with Gasteiger partial charge >= 0.3 is 0 Å². The minimum absolute atomic E-state index is 0.559. The van der Waals surface area contributed by atoms with Crippen LogP contribution in [-0.2, 0) is 7.05 Å². The summed E-state index contributed by atoms with van der Waals surface area (Å²) in [6, 6.07) is 12.2. The lowest BCUT2D eigenvalue weighted by Gasteiger charge is -1.95. The highest BCUT2D eigenvalue weighted by Gasteiger charge is 2.10. The molecule has 0 aliphatic heterocycles. The second kappa shape index (κ2) is 5.96. The van der Waals surface area contributed by atoms with Gasteiger partial charge in [-0.25, -0.2) is 4.98 Å². The zero-order valence-electron chi connectivity index (χ0n) is 12.3. The van der Waals surface area contributed by atoms with Crippen LogP contribution in [0, 0.1) is 18.3 Å². The molecule has 0 bridgehead atoms. The number of rotatable bonds is 3. The monoisotopic (exact) mass is 306 g/mol. The van der Waals surface area contributed by atoms with Gasteiger partial charge in [0.15, 0.2) is 0 Å². The molecular weight excluding hydrogens is 292 g/mol. The first-order valence-electron chi connectivity index (χ1n) is 6.81. The number of aromatic nitrogens is 3. The number of hydrogen-bond donors (Lipinski definition) is 0. The van der Waals surface area contributed by atoms with E-state index in [4.69, 9.17) is 0 Å². The molecule has 0 spiro atoms. The molecule has 0 unspecified atom stereocenters. The summed E-state index contributed by atoms with van der Waals surface area (Å²) in [7, 11) is 1.87. The highest BCUT2D eigenvalue weighted by Crippen LogP contribution is 2.27. The first kappa shape index (κ1) is 14.2. The number of allylic oxidation sites excluding steroid dienone is 1. The Morgan fingerprint density at radius 1 is 1.32 bits per heavy atom. The van der Waals surface area contributed by atoms with E-state index in [1.807, 2.05) is 62.0 Å². The third-order valence-corrected chi connectivity index (χ3v) is 4.15. The topological polar surface area (TPSA) is 54.5 Å². The molecule has 5 heteroatoms. The molecule has 3 aromatic rings. The third kappa shape index (κ3) is 2.83. The van der Waals surface area contributed by atoms with Crippen LogP contribution in [0.25, 0.3) is 22.9 Å². The number of aryl methyl sites for hydroxylation is 2. The SMILES string of the molecule is Cc1nn(C)cc1C=C(C#N)c1nc(-c2ccccc2)cs1. The molecule has 2 aromatic heterocycles. The van der Waals surface area contributed by atoms with Gasteiger partial charge in [-0.05, 0) is 13.0 Å². The van der Waals surface area contributed by atoms with E-state index in [0.29, 0.717) is 5.57 Å². The maximum atomic E-state index is 9.44. The number of benzene rings is 1. The lowest BCUT2D eigenvalue weighted by Crippen LogP contribution is -1.86. The second-order valence-corrected chi connectivity index (χ2v) is 5.78. The average molecular weight is 306 g/mol. The Bertz CT molecular complexity index is 866. The Morgan fingerprint density at radius 2 is 2.09 bits per heavy atom. The van der Waals surface area contributed by atoms with Gasteiger partial charge in [0.1, 0.15) is 11.1 Å². The predicted octanol–water partition coefficient (Wildman–Crippen LogP) is 3.92. The van der Waals surface area contributed by atoms with E-state index < -0.39 is 0 Å². The van der Waals surface area contributed by atoms with Gasteiger partial charge in [0.2, 0.25) is 0 Å². The molecule has 2 heterocycles. The molecule has 0 aliphatic rings. The summed E-state index contributed by atoms with van der Waals surface area (Å²) in [6.07, 6.45) is 3.74. The van der Waals surface area contributed by atoms with Crippen LogP contribution in [0.15, 0.2) is 41.9 Å². The minimum atomic E-state index is 0.559. The van der Waals surface area contributed by atoms with Gasteiger partial charge in [-0.1, -0.05) is 30.3 Å². The number of thiazole rings is 1. The van der Waals surface area contributed by atoms with Gasteiger partial charge in [0.05, 0.1) is 17.0 Å². The van der Waals surface area contributed by atoms with E-state index in [1.165, 1.54) is 11.3 Å². The van der Waals surface area contributed by atoms with Crippen LogP contribution >= 0.6 is 11.3 Å². The fourth-order valence-electron chi connectivity index (χ4n) is 2.20. The zero-order valence-corrected chi connectivity index (χ0v) is 13.1. The van der Waals surface area contributed by atoms with Crippen molar-refractivity contribution in [3.63, 3.8) is 0 Å². The summed E-state index contributed by atoms with van der Waals surface area (Å²) in [4.78, 5) is 4.58. The van der Waals surface area contributed by atoms with Crippen molar-refractivity contribution in [2.45, 2.75) is 6.92 Å². The lowest BCUT2D eigenvalue weighted by molar-refractivity contribution is 0.756. The van der Waals surface area contributed by atoms with Crippen LogP contribution in [-0.4, -0.2) is 14.8 Å². The normalized spacial score (nSPS) is 11.4. The molecule has 1 aromatic carbocycles. The van der Waals surface area contributed by atoms with Gasteiger partial charge in [-0.3, -0.25) is 4.68 Å². The molecule has 0 saturated carbocycles. The van der Waals surface area contributed by atoms with E-state index in [2.05, 4.69) is 16.2 Å². The average Bonchev–Trinajstić information content (AvgIpc) is 3.12. The van der Waals surface area contributed by atoms with Crippen LogP contribution in [0.3, 0.4) is 0 Å². The molecule has 0 atom stereocenters. The smallest absolute Gasteiger partial charge is 0.134 e. The van der Waals surface area contributed by atoms with Crippen LogP contribution in [0.4, 0.5) is 0 Å². The fourth-order valence-corrected chi connectivity index (χ4v) is 2.99. The first-order valence-corrected chi connectivity index (χ1v) is 7.68. The number of hydrogen-bond acceptors (Lipinski definition) is 4. The Morgan fingerprint density at radius 3 is 2.73 bits per heavy atom. The summed E-state index contributed by atoms with van der Waals surface area (Å²) in [5, 5.41) is 16.4. The number of nitriles is 1. The molecule has 108 valence electrons. The van der Waals surface area contributed by atoms with Crippen molar-refractivity contribution in [2.24, 2.45) is 7.05 Å². The molecule has 22 heavy (non-hydrogen) atoms. The summed E-state index contributed by atoms with van der Waals surface area (Å²) in [5.41, 5.74) is 4.35. The lowest BCUT2D eigenvalue weighted by atomic mass is 10.1. The van der Waals surface area contributed by atoms with Gasteiger partial charge in [0.25, 0.3) is 0 Å². The maximum Gasteiger partial charge on any atom is 0.134 e. The Balaban J connectivity index is 1.97. The standard InChI is InChI=1S/C17H14N4S/c1-12-15(10-21(2)20-12)8-14(9-18)17-19-16(11-22-17)13-6-4-3-5-7-13/h3-8,10-11H,1-2H3. The van der Waals surface area contributed by atoms with Crippen LogP contribution < -0.4 is 0 Å². The first-order chi connectivity index (χ1) is 10.7. The van der Waals surface area contributed by atoms with E-state index in [-0.39, 0.29) is 0 Å². The van der Waals surface area contributed by atoms with Crippen molar-refractivity contribution >= 4 is 23.0 Å². The zero-order chi connectivity index (χ0) is 15.5. The Kier molecular flexibility index (Phi) is 3.86. The molecule has 0 aliphatic carbocycles. The van der Waals surface area contributed by atoms with Crippen LogP contribution in [0.1, 0.15) is 16.3 Å². The molecule has 0 amide bonds. The summed E-state index contributed by atoms with van der Waals surface area (Å²) < 4.78 is 1.74. The van der Waals surface area contributed by atoms with Gasteiger partial charge in [-0.15, -0.1) is 11.3 Å². The number of nitrogens with zero attached hydrogens (tertiary/aromatic N) is 4. The van der Waals surface area contributed by atoms with Gasteiger partial charge in [-0.2, -0.15) is 10.4 Å². The molecule has 0 saturated heterocycles. The summed E-state index contributed by atoms with van der Waals surface area (Å²) in [5.74, 6) is 0. The van der Waals surface area contributed by atoms with E-state index >= 15 is 0 Å². The quantitative estimate of drug-likeness (QED) is 0.689. The molecule has 3 rings (SSSR count). The fraction of sp³-hybridized carbons (Fsp3) is 0.118. The molecular formula is C17H14N4S. The molecule has 0 fully saturated rings. The third-order valence-electron chi connectivity index (χ3n) is 3.28. The minimum Gasteiger partial charge on any atom is -0.275 e. The van der Waals surface area contributed by atoms with E-state index in [0.717, 1.165) is 27.5 Å². The summed E-state index contributed by atoms with van der Waals surface area (Å²) >= 11 is 1.48. The summed E-state index contributed by atoms with van der Waals surface area (Å²) in [6.45, 7) is 1.93. The second-order valence-electron chi connectivity index (χ2n) is 4.92. The highest BCUT2D eigenvalue weighted by molar-refractivity contribution is 7.11. The van der Waals surface area contributed by atoms with Crippen LogP contribution in [0.2, 0.25) is 0 Å². The molecule has 0 radical (unpaired) electrons. The van der Waals surface area contributed by atoms with Crippen molar-refractivity contribution < 1.29 is 0 Å². The van der Waals surface area contributed by atoms with Gasteiger partial charge in [0, 0.05) is 29.8 Å². The Hall–Kier alpha value is -2.71. The van der Waals surface area contributed by atoms with Crippen molar-refractivity contribution in [1.82, 2.24) is 14.8 Å². The highest BCUT2D eigenvalue weighted by atomic mass is 32.1. The van der Waals surface area contributed by atoms with E-state index in [1.54, 1.807) is 4.68 Å². The molecule has 4 nitrogen and oxygen atoms in total. The van der Waals surface area contributed by atoms with Crippen molar-refractivity contribution in [3.05, 3.63) is 58.2 Å². The largest absolute Gasteiger partial charge is 0.275 e. The van der Waals surface area contributed by atoms with Crippen molar-refractivity contribution in [3.8, 4) is 17.3 Å². The van der Waals surface area contributed by atoms with Gasteiger partial charge < -0.3 is 0 Å². The molecule has 0 N–H and O–H groups in total.